The van der Waals surface area contributed by atoms with Crippen LogP contribution < -0.4 is 10.1 Å². The number of nitrogens with zero attached hydrogens (tertiary/aromatic N) is 2. The van der Waals surface area contributed by atoms with Crippen molar-refractivity contribution in [2.24, 2.45) is 0 Å². The molecule has 1 aliphatic rings. The van der Waals surface area contributed by atoms with Crippen molar-refractivity contribution < 1.29 is 14.5 Å². The van der Waals surface area contributed by atoms with Gasteiger partial charge in [-0.2, -0.15) is 0 Å². The third-order valence-corrected chi connectivity index (χ3v) is 4.86. The van der Waals surface area contributed by atoms with Gasteiger partial charge in [0, 0.05) is 29.4 Å². The summed E-state index contributed by atoms with van der Waals surface area (Å²) in [6, 6.07) is 7.30. The molecule has 0 bridgehead atoms. The van der Waals surface area contributed by atoms with Crippen LogP contribution >= 0.6 is 23.2 Å². The minimum Gasteiger partial charge on any atom is -0.474 e. The summed E-state index contributed by atoms with van der Waals surface area (Å²) >= 11 is 11.7. The third kappa shape index (κ3) is 5.08. The number of carbonyl (C=O) groups is 1. The molecule has 2 aromatic rings. The number of hydrogen-bond donors (Lipinski definition) is 1. The smallest absolute Gasteiger partial charge is 0.282 e. The second-order valence-electron chi connectivity index (χ2n) is 6.30. The van der Waals surface area contributed by atoms with Crippen LogP contribution in [-0.4, -0.2) is 28.0 Å². The Morgan fingerprint density at radius 3 is 2.48 bits per heavy atom. The van der Waals surface area contributed by atoms with E-state index in [2.05, 4.69) is 10.3 Å². The largest absolute Gasteiger partial charge is 0.474 e. The lowest BCUT2D eigenvalue weighted by molar-refractivity contribution is -0.385. The lowest BCUT2D eigenvalue weighted by Crippen LogP contribution is -2.40. The summed E-state index contributed by atoms with van der Waals surface area (Å²) in [5.74, 6) is 0.0226. The van der Waals surface area contributed by atoms with Gasteiger partial charge in [-0.1, -0.05) is 23.2 Å². The first-order valence-corrected chi connectivity index (χ1v) is 9.21. The maximum absolute atomic E-state index is 12.5. The molecule has 1 fully saturated rings. The first-order valence-electron chi connectivity index (χ1n) is 8.45. The van der Waals surface area contributed by atoms with Crippen LogP contribution in [0, 0.1) is 10.1 Å². The lowest BCUT2D eigenvalue weighted by Gasteiger charge is -2.29. The van der Waals surface area contributed by atoms with Gasteiger partial charge in [0.2, 0.25) is 5.88 Å². The van der Waals surface area contributed by atoms with E-state index in [1.54, 1.807) is 12.1 Å². The van der Waals surface area contributed by atoms with Crippen LogP contribution in [0.2, 0.25) is 10.0 Å². The number of amides is 1. The minimum absolute atomic E-state index is 0.00679. The molecule has 0 radical (unpaired) electrons. The Bertz CT molecular complexity index is 837. The van der Waals surface area contributed by atoms with E-state index in [1.165, 1.54) is 24.4 Å². The highest BCUT2D eigenvalue weighted by atomic mass is 35.5. The fourth-order valence-electron chi connectivity index (χ4n) is 3.04. The fraction of sp³-hybridized carbons (Fsp3) is 0.333. The lowest BCUT2D eigenvalue weighted by atomic mass is 9.92. The van der Waals surface area contributed by atoms with E-state index >= 15 is 0 Å². The molecule has 0 saturated heterocycles. The van der Waals surface area contributed by atoms with Crippen LogP contribution in [0.25, 0.3) is 0 Å². The number of carbonyl (C=O) groups excluding carboxylic acids is 1. The van der Waals surface area contributed by atoms with E-state index in [-0.39, 0.29) is 28.4 Å². The molecular weight excluding hydrogens is 393 g/mol. The van der Waals surface area contributed by atoms with Gasteiger partial charge in [-0.15, -0.1) is 0 Å². The van der Waals surface area contributed by atoms with Crippen LogP contribution in [0.3, 0.4) is 0 Å². The van der Waals surface area contributed by atoms with Gasteiger partial charge >= 0.3 is 0 Å². The third-order valence-electron chi connectivity index (χ3n) is 4.40. The number of hydrogen-bond acceptors (Lipinski definition) is 5. The molecule has 7 nitrogen and oxygen atoms in total. The molecule has 0 atom stereocenters. The highest BCUT2D eigenvalue weighted by Gasteiger charge is 2.27. The van der Waals surface area contributed by atoms with Crippen molar-refractivity contribution in [2.45, 2.75) is 37.8 Å². The number of ether oxygens (including phenoxy) is 1. The van der Waals surface area contributed by atoms with E-state index in [1.807, 2.05) is 0 Å². The van der Waals surface area contributed by atoms with Crippen LogP contribution in [0.1, 0.15) is 36.0 Å². The molecule has 1 N–H and O–H groups in total. The summed E-state index contributed by atoms with van der Waals surface area (Å²) in [5, 5.41) is 14.8. The average Bonchev–Trinajstić information content (AvgIpc) is 2.65. The number of nitrogens with one attached hydrogen (secondary N) is 1. The number of halogens is 2. The predicted molar refractivity (Wildman–Crippen MR) is 101 cm³/mol. The van der Waals surface area contributed by atoms with Gasteiger partial charge in [-0.3, -0.25) is 14.9 Å². The van der Waals surface area contributed by atoms with E-state index in [4.69, 9.17) is 27.9 Å². The fourth-order valence-corrected chi connectivity index (χ4v) is 3.32. The zero-order chi connectivity index (χ0) is 19.4. The normalized spacial score (nSPS) is 19.3. The number of benzene rings is 1. The van der Waals surface area contributed by atoms with Crippen LogP contribution in [0.5, 0.6) is 5.88 Å². The Kier molecular flexibility index (Phi) is 6.13. The molecule has 1 aromatic heterocycles. The topological polar surface area (TPSA) is 94.4 Å². The Morgan fingerprint density at radius 2 is 1.85 bits per heavy atom. The number of nitro groups is 1. The first-order chi connectivity index (χ1) is 12.9. The molecule has 1 saturated carbocycles. The molecule has 0 spiro atoms. The van der Waals surface area contributed by atoms with E-state index in [9.17, 15) is 14.9 Å². The first kappa shape index (κ1) is 19.4. The molecule has 1 heterocycles. The van der Waals surface area contributed by atoms with Crippen molar-refractivity contribution in [1.82, 2.24) is 10.3 Å². The van der Waals surface area contributed by atoms with Gasteiger partial charge in [0.15, 0.2) is 0 Å². The minimum atomic E-state index is -0.588. The SMILES string of the molecule is O=C(NC1CCC(Oc2ccc(Cl)cn2)CC1)c1cc(Cl)ccc1[N+](=O)[O-]. The van der Waals surface area contributed by atoms with E-state index in [0.29, 0.717) is 23.7 Å². The Hall–Kier alpha value is -2.38. The summed E-state index contributed by atoms with van der Waals surface area (Å²) in [7, 11) is 0. The number of rotatable bonds is 5. The standard InChI is InChI=1S/C18H17Cl2N3O4/c19-11-1-7-16(23(25)26)15(9-11)18(24)22-13-3-5-14(6-4-13)27-17-8-2-12(20)10-21-17/h1-2,7-10,13-14H,3-6H2,(H,22,24). The van der Waals surface area contributed by atoms with E-state index in [0.717, 1.165) is 12.8 Å². The van der Waals surface area contributed by atoms with Crippen LogP contribution in [0.15, 0.2) is 36.5 Å². The van der Waals surface area contributed by atoms with Crippen molar-refractivity contribution in [2.75, 3.05) is 0 Å². The summed E-state index contributed by atoms with van der Waals surface area (Å²) in [5.41, 5.74) is -0.293. The summed E-state index contributed by atoms with van der Waals surface area (Å²) < 4.78 is 5.83. The summed E-state index contributed by atoms with van der Waals surface area (Å²) in [6.45, 7) is 0. The Morgan fingerprint density at radius 1 is 1.15 bits per heavy atom. The maximum Gasteiger partial charge on any atom is 0.282 e. The molecule has 9 heteroatoms. The highest BCUT2D eigenvalue weighted by molar-refractivity contribution is 6.31. The molecule has 3 rings (SSSR count). The zero-order valence-electron chi connectivity index (χ0n) is 14.2. The molecule has 1 aromatic carbocycles. The number of aromatic nitrogens is 1. The van der Waals surface area contributed by atoms with Gasteiger partial charge in [0.05, 0.1) is 9.95 Å². The van der Waals surface area contributed by atoms with Gasteiger partial charge < -0.3 is 10.1 Å². The van der Waals surface area contributed by atoms with Crippen molar-refractivity contribution >= 4 is 34.8 Å². The van der Waals surface area contributed by atoms with E-state index < -0.39 is 10.8 Å². The van der Waals surface area contributed by atoms with Crippen molar-refractivity contribution in [3.63, 3.8) is 0 Å². The van der Waals surface area contributed by atoms with Gasteiger partial charge in [-0.25, -0.2) is 4.98 Å². The zero-order valence-corrected chi connectivity index (χ0v) is 15.7. The second-order valence-corrected chi connectivity index (χ2v) is 7.17. The number of pyridine rings is 1. The molecule has 27 heavy (non-hydrogen) atoms. The van der Waals surface area contributed by atoms with Gasteiger partial charge in [-0.05, 0) is 43.9 Å². The maximum atomic E-state index is 12.5. The van der Waals surface area contributed by atoms with Crippen molar-refractivity contribution in [1.29, 1.82) is 0 Å². The van der Waals surface area contributed by atoms with Crippen molar-refractivity contribution in [3.8, 4) is 5.88 Å². The second kappa shape index (κ2) is 8.54. The molecular formula is C18H17Cl2N3O4. The van der Waals surface area contributed by atoms with Gasteiger partial charge in [0.25, 0.3) is 11.6 Å². The summed E-state index contributed by atoms with van der Waals surface area (Å²) in [6.07, 6.45) is 4.43. The van der Waals surface area contributed by atoms with Crippen molar-refractivity contribution in [3.05, 3.63) is 62.3 Å². The monoisotopic (exact) mass is 409 g/mol. The van der Waals surface area contributed by atoms with Crippen LogP contribution in [0.4, 0.5) is 5.69 Å². The highest BCUT2D eigenvalue weighted by Crippen LogP contribution is 2.26. The molecule has 1 amide bonds. The Balaban J connectivity index is 1.56. The number of nitro benzene ring substituents is 1. The predicted octanol–water partition coefficient (Wildman–Crippen LogP) is 4.42. The summed E-state index contributed by atoms with van der Waals surface area (Å²) in [4.78, 5) is 27.1. The molecule has 0 unspecified atom stereocenters. The molecule has 1 aliphatic carbocycles. The average molecular weight is 410 g/mol. The quantitative estimate of drug-likeness (QED) is 0.582. The molecule has 0 aliphatic heterocycles. The molecule has 142 valence electrons. The van der Waals surface area contributed by atoms with Gasteiger partial charge in [0.1, 0.15) is 11.7 Å². The Labute approximate surface area is 165 Å². The van der Waals surface area contributed by atoms with Crippen LogP contribution in [-0.2, 0) is 0 Å².